The summed E-state index contributed by atoms with van der Waals surface area (Å²) in [7, 11) is 0. The first-order valence-corrected chi connectivity index (χ1v) is 8.89. The van der Waals surface area contributed by atoms with Crippen molar-refractivity contribution in [3.05, 3.63) is 0 Å². The number of thioether (sulfide) groups is 1. The summed E-state index contributed by atoms with van der Waals surface area (Å²) >= 11 is 1.68. The molecule has 21 heavy (non-hydrogen) atoms. The zero-order valence-electron chi connectivity index (χ0n) is 13.6. The summed E-state index contributed by atoms with van der Waals surface area (Å²) in [5.74, 6) is 0.710. The Morgan fingerprint density at radius 3 is 2.62 bits per heavy atom. The van der Waals surface area contributed by atoms with Gasteiger partial charge in [0.2, 0.25) is 0 Å². The van der Waals surface area contributed by atoms with E-state index in [-0.39, 0.29) is 28.3 Å². The van der Waals surface area contributed by atoms with Crippen LogP contribution < -0.4 is 0 Å². The monoisotopic (exact) mass is 314 g/mol. The highest BCUT2D eigenvalue weighted by Crippen LogP contribution is 2.60. The Morgan fingerprint density at radius 1 is 1.29 bits per heavy atom. The Morgan fingerprint density at radius 2 is 2.00 bits per heavy atom. The van der Waals surface area contributed by atoms with Crippen molar-refractivity contribution >= 4 is 17.7 Å². The normalized spacial score (nSPS) is 43.9. The fraction of sp³-hybridized carbons (Fsp3) is 0.938. The van der Waals surface area contributed by atoms with Crippen LogP contribution in [0.5, 0.6) is 0 Å². The lowest BCUT2D eigenvalue weighted by Crippen LogP contribution is -2.51. The molecule has 3 fully saturated rings. The van der Waals surface area contributed by atoms with Crippen molar-refractivity contribution in [3.8, 4) is 0 Å². The van der Waals surface area contributed by atoms with Gasteiger partial charge in [-0.2, -0.15) is 0 Å². The van der Waals surface area contributed by atoms with Crippen LogP contribution in [-0.4, -0.2) is 41.1 Å². The summed E-state index contributed by atoms with van der Waals surface area (Å²) in [6.45, 7) is 11.3. The molecule has 0 aromatic rings. The number of carbonyl (C=O) groups excluding carboxylic acids is 1. The number of hydrogen-bond donors (Lipinski definition) is 0. The summed E-state index contributed by atoms with van der Waals surface area (Å²) in [4.78, 5) is 11.7. The summed E-state index contributed by atoms with van der Waals surface area (Å²) in [6.07, 6.45) is 1.94. The second-order valence-corrected chi connectivity index (χ2v) is 8.80. The summed E-state index contributed by atoms with van der Waals surface area (Å²) < 4.78 is 17.7. The quantitative estimate of drug-likeness (QED) is 0.749. The Kier molecular flexibility index (Phi) is 3.62. The molecular formula is C16H26O4S. The molecule has 3 rings (SSSR count). The van der Waals surface area contributed by atoms with Crippen molar-refractivity contribution < 1.29 is 19.0 Å². The van der Waals surface area contributed by atoms with Crippen LogP contribution in [0.2, 0.25) is 0 Å². The highest BCUT2D eigenvalue weighted by atomic mass is 32.2. The standard InChI is InChI=1S/C16H26O4S/c1-10-8-12-16(14(10,2)3,20-15(4,5)19-12)9-21-11-6-7-18-13(11)17/h10-12H,6-9H2,1-5H3/t10?,11?,12-,16-/m1/s1. The highest BCUT2D eigenvalue weighted by molar-refractivity contribution is 8.00. The molecule has 2 unspecified atom stereocenters. The number of ether oxygens (including phenoxy) is 3. The molecule has 1 saturated carbocycles. The maximum atomic E-state index is 11.7. The molecule has 0 N–H and O–H groups in total. The van der Waals surface area contributed by atoms with E-state index in [2.05, 4.69) is 20.8 Å². The molecule has 4 atom stereocenters. The van der Waals surface area contributed by atoms with E-state index in [1.54, 1.807) is 11.8 Å². The van der Waals surface area contributed by atoms with E-state index in [0.29, 0.717) is 12.5 Å². The van der Waals surface area contributed by atoms with E-state index in [0.717, 1.165) is 18.6 Å². The van der Waals surface area contributed by atoms with Crippen molar-refractivity contribution in [1.29, 1.82) is 0 Å². The number of rotatable bonds is 3. The molecule has 2 saturated heterocycles. The summed E-state index contributed by atoms with van der Waals surface area (Å²) in [6, 6.07) is 0. The minimum Gasteiger partial charge on any atom is -0.465 e. The molecule has 4 nitrogen and oxygen atoms in total. The molecular weight excluding hydrogens is 288 g/mol. The predicted octanol–water partition coefficient (Wildman–Crippen LogP) is 2.99. The van der Waals surface area contributed by atoms with Crippen LogP contribution in [0.15, 0.2) is 0 Å². The van der Waals surface area contributed by atoms with Crippen molar-refractivity contribution in [2.75, 3.05) is 12.4 Å². The second-order valence-electron chi connectivity index (χ2n) is 7.61. The molecule has 120 valence electrons. The smallest absolute Gasteiger partial charge is 0.319 e. The molecule has 0 aromatic heterocycles. The van der Waals surface area contributed by atoms with Gasteiger partial charge >= 0.3 is 5.97 Å². The highest BCUT2D eigenvalue weighted by Gasteiger charge is 2.67. The average molecular weight is 314 g/mol. The summed E-state index contributed by atoms with van der Waals surface area (Å²) in [5, 5.41) is -0.0426. The molecule has 0 aromatic carbocycles. The molecule has 0 spiro atoms. The van der Waals surface area contributed by atoms with Crippen LogP contribution in [0, 0.1) is 11.3 Å². The van der Waals surface area contributed by atoms with Crippen molar-refractivity contribution in [1.82, 2.24) is 0 Å². The van der Waals surface area contributed by atoms with Crippen LogP contribution in [0.4, 0.5) is 0 Å². The second kappa shape index (κ2) is 4.87. The molecule has 0 amide bonds. The fourth-order valence-electron chi connectivity index (χ4n) is 3.95. The summed E-state index contributed by atoms with van der Waals surface area (Å²) in [5.41, 5.74) is -0.287. The first-order valence-electron chi connectivity index (χ1n) is 7.84. The van der Waals surface area contributed by atoms with E-state index in [4.69, 9.17) is 14.2 Å². The predicted molar refractivity (Wildman–Crippen MR) is 82.2 cm³/mol. The first kappa shape index (κ1) is 15.6. The lowest BCUT2D eigenvalue weighted by molar-refractivity contribution is -0.189. The third-order valence-electron chi connectivity index (χ3n) is 5.65. The van der Waals surface area contributed by atoms with Gasteiger partial charge in [0.25, 0.3) is 0 Å². The Hall–Kier alpha value is -0.260. The third-order valence-corrected chi connectivity index (χ3v) is 7.08. The largest absolute Gasteiger partial charge is 0.465 e. The molecule has 5 heteroatoms. The number of carbonyl (C=O) groups is 1. The van der Waals surface area contributed by atoms with E-state index < -0.39 is 5.79 Å². The van der Waals surface area contributed by atoms with Gasteiger partial charge in [0.15, 0.2) is 5.79 Å². The zero-order chi connectivity index (χ0) is 15.5. The van der Waals surface area contributed by atoms with Crippen LogP contribution in [-0.2, 0) is 19.0 Å². The van der Waals surface area contributed by atoms with Crippen LogP contribution in [0.25, 0.3) is 0 Å². The molecule has 2 aliphatic heterocycles. The fourth-order valence-corrected chi connectivity index (χ4v) is 5.48. The van der Waals surface area contributed by atoms with Crippen LogP contribution in [0.1, 0.15) is 47.5 Å². The number of esters is 1. The Bertz CT molecular complexity index is 448. The topological polar surface area (TPSA) is 44.8 Å². The Labute approximate surface area is 131 Å². The van der Waals surface area contributed by atoms with Crippen molar-refractivity contribution in [2.24, 2.45) is 11.3 Å². The number of fused-ring (bicyclic) bond motifs is 1. The minimum atomic E-state index is -0.543. The first-order chi connectivity index (χ1) is 9.68. The number of hydrogen-bond acceptors (Lipinski definition) is 5. The third kappa shape index (κ3) is 2.32. The molecule has 1 aliphatic carbocycles. The van der Waals surface area contributed by atoms with E-state index in [1.165, 1.54) is 0 Å². The van der Waals surface area contributed by atoms with Gasteiger partial charge in [0.1, 0.15) is 10.9 Å². The maximum Gasteiger partial charge on any atom is 0.319 e. The molecule has 3 aliphatic rings. The van der Waals surface area contributed by atoms with Gasteiger partial charge in [-0.3, -0.25) is 4.79 Å². The van der Waals surface area contributed by atoms with Gasteiger partial charge < -0.3 is 14.2 Å². The van der Waals surface area contributed by atoms with Gasteiger partial charge in [-0.1, -0.05) is 20.8 Å². The maximum absolute atomic E-state index is 11.7. The van der Waals surface area contributed by atoms with Crippen molar-refractivity contribution in [2.45, 2.75) is 70.2 Å². The SMILES string of the molecule is CC1C[C@H]2OC(C)(C)O[C@@]2(CSC2CCOC2=O)C1(C)C. The molecule has 0 radical (unpaired) electrons. The molecule has 2 heterocycles. The van der Waals surface area contributed by atoms with Crippen molar-refractivity contribution in [3.63, 3.8) is 0 Å². The lowest BCUT2D eigenvalue weighted by atomic mass is 9.73. The zero-order valence-corrected chi connectivity index (χ0v) is 14.4. The van der Waals surface area contributed by atoms with E-state index >= 15 is 0 Å². The average Bonchev–Trinajstić information content (AvgIpc) is 2.93. The number of cyclic esters (lactones) is 1. The van der Waals surface area contributed by atoms with Gasteiger partial charge in [-0.05, 0) is 31.6 Å². The van der Waals surface area contributed by atoms with Gasteiger partial charge in [-0.25, -0.2) is 0 Å². The Balaban J connectivity index is 1.82. The minimum absolute atomic E-state index is 0.0287. The van der Waals surface area contributed by atoms with Crippen LogP contribution >= 0.6 is 11.8 Å². The van der Waals surface area contributed by atoms with E-state index in [9.17, 15) is 4.79 Å². The lowest BCUT2D eigenvalue weighted by Gasteiger charge is -2.42. The van der Waals surface area contributed by atoms with Gasteiger partial charge in [-0.15, -0.1) is 11.8 Å². The van der Waals surface area contributed by atoms with E-state index in [1.807, 2.05) is 13.8 Å². The molecule has 0 bridgehead atoms. The van der Waals surface area contributed by atoms with Gasteiger partial charge in [0, 0.05) is 12.2 Å². The van der Waals surface area contributed by atoms with Crippen LogP contribution in [0.3, 0.4) is 0 Å². The van der Waals surface area contributed by atoms with Gasteiger partial charge in [0.05, 0.1) is 12.7 Å².